The summed E-state index contributed by atoms with van der Waals surface area (Å²) in [6.45, 7) is 3.97. The van der Waals surface area contributed by atoms with Crippen molar-refractivity contribution >= 4 is 19.8 Å². The van der Waals surface area contributed by atoms with E-state index in [0.717, 1.165) is 128 Å². The molecule has 2 atom stereocenters. The first kappa shape index (κ1) is 72.2. The molecule has 0 aromatic heterocycles. The Hall–Kier alpha value is -3.85. The minimum absolute atomic E-state index is 0.0404. The highest BCUT2D eigenvalue weighted by Crippen LogP contribution is 2.38. The average Bonchev–Trinajstić information content (AvgIpc) is 3.38. The fourth-order valence-corrected chi connectivity index (χ4v) is 8.36. The smallest absolute Gasteiger partial charge is 0.306 e. The lowest BCUT2D eigenvalue weighted by Crippen LogP contribution is -2.37. The van der Waals surface area contributed by atoms with E-state index in [2.05, 4.69) is 148 Å². The number of ether oxygens (including phenoxy) is 2. The van der Waals surface area contributed by atoms with Crippen LogP contribution in [0.1, 0.15) is 219 Å². The number of likely N-dealkylation sites (N-methyl/N-ethyl adjacent to an activating group) is 1. The summed E-state index contributed by atoms with van der Waals surface area (Å²) in [6, 6.07) is 0. The molecule has 0 aromatic carbocycles. The van der Waals surface area contributed by atoms with Gasteiger partial charge in [0.1, 0.15) is 19.8 Å². The van der Waals surface area contributed by atoms with Gasteiger partial charge < -0.3 is 27.9 Å². The fourth-order valence-electron chi connectivity index (χ4n) is 7.63. The summed E-state index contributed by atoms with van der Waals surface area (Å²) >= 11 is 0. The maximum absolute atomic E-state index is 12.8. The standard InChI is InChI=1S/C66H110NO8P/c1-6-8-10-12-14-16-18-20-22-23-24-25-26-27-28-29-30-31-32-33-34-35-36-37-38-39-40-41-42-43-45-47-49-51-53-55-57-59-66(69)75-64(63-74-76(70,71)73-61-60-67(3,4)5)62-72-65(68)58-56-54-52-50-48-46-44-21-19-17-15-13-11-9-7-2/h8-11,14-17,20-22,24-25,27-28,30-31,33-34,36-37,44,64H,6-7,12-13,18-19,23,26,29,32,35,38-43,45-63H2,1-5H3/b10-8-,11-9-,16-14-,17-15-,22-20-,25-24-,28-27-,31-30-,34-33-,37-36-,44-21-. The molecule has 0 spiro atoms. The summed E-state index contributed by atoms with van der Waals surface area (Å²) in [7, 11) is 1.14. The van der Waals surface area contributed by atoms with Crippen molar-refractivity contribution in [2.45, 2.75) is 225 Å². The highest BCUT2D eigenvalue weighted by atomic mass is 31.2. The van der Waals surface area contributed by atoms with Crippen LogP contribution in [0.3, 0.4) is 0 Å². The van der Waals surface area contributed by atoms with Gasteiger partial charge in [0.25, 0.3) is 7.82 Å². The molecular weight excluding hydrogens is 966 g/mol. The van der Waals surface area contributed by atoms with Crippen LogP contribution in [0.4, 0.5) is 0 Å². The zero-order chi connectivity index (χ0) is 55.6. The topological polar surface area (TPSA) is 111 Å². The SMILES string of the molecule is CC/C=C\C/C=C\C/C=C\C/C=C\C/C=C\C/C=C\C/C=C\C/C=C\CCCCCCCCCCCCCCC(=O)OC(COC(=O)CCCCCCC/C=C\C/C=C\C/C=C\CC)COP(=O)([O-])OCC[N+](C)(C)C. The number of phosphoric ester groups is 1. The second-order valence-electron chi connectivity index (χ2n) is 20.6. The van der Waals surface area contributed by atoms with Crippen LogP contribution >= 0.6 is 7.82 Å². The second kappa shape index (κ2) is 55.9. The Balaban J connectivity index is 4.10. The molecule has 0 fully saturated rings. The van der Waals surface area contributed by atoms with Gasteiger partial charge in [0.15, 0.2) is 6.10 Å². The maximum atomic E-state index is 12.8. The minimum atomic E-state index is -4.65. The van der Waals surface area contributed by atoms with Crippen LogP contribution < -0.4 is 4.89 Å². The third kappa shape index (κ3) is 59.4. The average molecular weight is 1080 g/mol. The zero-order valence-electron chi connectivity index (χ0n) is 48.9. The monoisotopic (exact) mass is 1080 g/mol. The van der Waals surface area contributed by atoms with Crippen molar-refractivity contribution in [1.82, 2.24) is 0 Å². The highest BCUT2D eigenvalue weighted by molar-refractivity contribution is 7.45. The first-order valence-corrected chi connectivity index (χ1v) is 31.4. The van der Waals surface area contributed by atoms with Crippen LogP contribution in [0.2, 0.25) is 0 Å². The number of hydrogen-bond donors (Lipinski definition) is 0. The minimum Gasteiger partial charge on any atom is -0.756 e. The number of hydrogen-bond acceptors (Lipinski definition) is 8. The Morgan fingerprint density at radius 1 is 0.408 bits per heavy atom. The molecule has 0 N–H and O–H groups in total. The van der Waals surface area contributed by atoms with Crippen LogP contribution in [0.15, 0.2) is 134 Å². The molecule has 0 rings (SSSR count). The van der Waals surface area contributed by atoms with E-state index in [4.69, 9.17) is 18.5 Å². The van der Waals surface area contributed by atoms with Gasteiger partial charge in [0, 0.05) is 12.8 Å². The summed E-state index contributed by atoms with van der Waals surface area (Å²) in [6.07, 6.45) is 80.8. The molecule has 432 valence electrons. The second-order valence-corrected chi connectivity index (χ2v) is 22.0. The maximum Gasteiger partial charge on any atom is 0.306 e. The summed E-state index contributed by atoms with van der Waals surface area (Å²) in [5.41, 5.74) is 0. The lowest BCUT2D eigenvalue weighted by atomic mass is 10.0. The molecule has 0 aromatic rings. The van der Waals surface area contributed by atoms with E-state index in [0.29, 0.717) is 23.9 Å². The molecule has 0 aliphatic carbocycles. The van der Waals surface area contributed by atoms with Gasteiger partial charge in [-0.05, 0) is 109 Å². The molecule has 0 saturated heterocycles. The van der Waals surface area contributed by atoms with Gasteiger partial charge in [-0.2, -0.15) is 0 Å². The van der Waals surface area contributed by atoms with Crippen LogP contribution in [0.25, 0.3) is 0 Å². The predicted octanol–water partition coefficient (Wildman–Crippen LogP) is 18.3. The number of unbranched alkanes of at least 4 members (excludes halogenated alkanes) is 17. The van der Waals surface area contributed by atoms with Crippen molar-refractivity contribution in [2.24, 2.45) is 0 Å². The summed E-state index contributed by atoms with van der Waals surface area (Å²) in [5, 5.41) is 0. The lowest BCUT2D eigenvalue weighted by molar-refractivity contribution is -0.870. The van der Waals surface area contributed by atoms with E-state index in [9.17, 15) is 19.0 Å². The van der Waals surface area contributed by atoms with Crippen molar-refractivity contribution in [2.75, 3.05) is 47.5 Å². The number of esters is 2. The molecular formula is C66H110NO8P. The van der Waals surface area contributed by atoms with Gasteiger partial charge in [-0.3, -0.25) is 14.2 Å². The number of quaternary nitrogens is 1. The molecule has 9 nitrogen and oxygen atoms in total. The van der Waals surface area contributed by atoms with Crippen molar-refractivity contribution in [3.05, 3.63) is 134 Å². The highest BCUT2D eigenvalue weighted by Gasteiger charge is 2.21. The first-order chi connectivity index (χ1) is 37.0. The third-order valence-electron chi connectivity index (χ3n) is 12.2. The number of carbonyl (C=O) groups is 2. The summed E-state index contributed by atoms with van der Waals surface area (Å²) in [4.78, 5) is 37.8. The fraction of sp³-hybridized carbons (Fsp3) is 0.636. The molecule has 2 unspecified atom stereocenters. The van der Waals surface area contributed by atoms with Crippen molar-refractivity contribution in [3.8, 4) is 0 Å². The van der Waals surface area contributed by atoms with Crippen LogP contribution in [0.5, 0.6) is 0 Å². The van der Waals surface area contributed by atoms with Gasteiger partial charge in [-0.25, -0.2) is 0 Å². The molecule has 0 aliphatic heterocycles. The molecule has 0 amide bonds. The zero-order valence-corrected chi connectivity index (χ0v) is 49.8. The van der Waals surface area contributed by atoms with Crippen molar-refractivity contribution in [3.63, 3.8) is 0 Å². The molecule has 0 saturated carbocycles. The van der Waals surface area contributed by atoms with Crippen molar-refractivity contribution < 1.29 is 42.1 Å². The van der Waals surface area contributed by atoms with Crippen LogP contribution in [0, 0.1) is 0 Å². The predicted molar refractivity (Wildman–Crippen MR) is 323 cm³/mol. The number of rotatable bonds is 53. The molecule has 0 bridgehead atoms. The third-order valence-corrected chi connectivity index (χ3v) is 13.1. The van der Waals surface area contributed by atoms with Crippen molar-refractivity contribution in [1.29, 1.82) is 0 Å². The molecule has 0 radical (unpaired) electrons. The van der Waals surface area contributed by atoms with E-state index in [-0.39, 0.29) is 26.1 Å². The Labute approximate surface area is 466 Å². The Kier molecular flexibility index (Phi) is 53.1. The van der Waals surface area contributed by atoms with Gasteiger partial charge in [0.05, 0.1) is 27.7 Å². The van der Waals surface area contributed by atoms with E-state index in [1.165, 1.54) is 51.4 Å². The van der Waals surface area contributed by atoms with E-state index in [1.807, 2.05) is 21.1 Å². The summed E-state index contributed by atoms with van der Waals surface area (Å²) in [5.74, 6) is -0.863. The first-order valence-electron chi connectivity index (χ1n) is 29.9. The van der Waals surface area contributed by atoms with Gasteiger partial charge in [-0.1, -0.05) is 231 Å². The largest absolute Gasteiger partial charge is 0.756 e. The van der Waals surface area contributed by atoms with E-state index < -0.39 is 32.5 Å². The Bertz CT molecular complexity index is 1740. The molecule has 76 heavy (non-hydrogen) atoms. The Morgan fingerprint density at radius 2 is 0.711 bits per heavy atom. The van der Waals surface area contributed by atoms with Gasteiger partial charge >= 0.3 is 11.9 Å². The normalized spacial score (nSPS) is 14.2. The van der Waals surface area contributed by atoms with E-state index >= 15 is 0 Å². The molecule has 10 heteroatoms. The van der Waals surface area contributed by atoms with Gasteiger partial charge in [-0.15, -0.1) is 0 Å². The van der Waals surface area contributed by atoms with E-state index in [1.54, 1.807) is 0 Å². The lowest BCUT2D eigenvalue weighted by Gasteiger charge is -2.28. The van der Waals surface area contributed by atoms with Gasteiger partial charge in [0.2, 0.25) is 0 Å². The quantitative estimate of drug-likeness (QED) is 0.0195. The number of carbonyl (C=O) groups excluding carboxylic acids is 2. The summed E-state index contributed by atoms with van der Waals surface area (Å²) < 4.78 is 34.1. The number of nitrogens with zero attached hydrogens (tertiary/aromatic N) is 1. The molecule has 0 aliphatic rings. The number of allylic oxidation sites excluding steroid dienone is 22. The number of phosphoric acid groups is 1. The van der Waals surface area contributed by atoms with Crippen LogP contribution in [-0.4, -0.2) is 70.0 Å². The van der Waals surface area contributed by atoms with Crippen LogP contribution in [-0.2, 0) is 32.7 Å². The molecule has 0 heterocycles. The Morgan fingerprint density at radius 3 is 1.05 bits per heavy atom.